The maximum Gasteiger partial charge on any atom is 0.343 e. The van der Waals surface area contributed by atoms with Gasteiger partial charge in [0.25, 0.3) is 5.91 Å². The van der Waals surface area contributed by atoms with Gasteiger partial charge in [-0.05, 0) is 55.8 Å². The molecule has 1 atom stereocenters. The molecular formula is C24H23N3O3S. The van der Waals surface area contributed by atoms with Crippen molar-refractivity contribution in [2.24, 2.45) is 0 Å². The van der Waals surface area contributed by atoms with Crippen molar-refractivity contribution in [3.8, 4) is 5.75 Å². The maximum absolute atomic E-state index is 12.8. The quantitative estimate of drug-likeness (QED) is 0.480. The third kappa shape index (κ3) is 3.82. The lowest BCUT2D eigenvalue weighted by atomic mass is 10.0. The van der Waals surface area contributed by atoms with Gasteiger partial charge in [0.1, 0.15) is 16.9 Å². The van der Waals surface area contributed by atoms with Crippen LogP contribution in [0.5, 0.6) is 5.75 Å². The number of carbonyl (C=O) groups is 2. The molecule has 7 heteroatoms. The molecule has 0 saturated heterocycles. The molecule has 0 spiro atoms. The number of aryl methyl sites for hydroxylation is 1. The molecule has 2 aliphatic heterocycles. The Morgan fingerprint density at radius 1 is 1.10 bits per heavy atom. The van der Waals surface area contributed by atoms with Crippen molar-refractivity contribution in [2.45, 2.75) is 26.1 Å². The second-order valence-corrected chi connectivity index (χ2v) is 9.18. The standard InChI is InChI=1S/C24H23N3O3S/c1-14-3-5-16(6-4-14)24(29)30-17-9-7-15(8-10-17)21-25-22(28)20-18-11-12-27(2)13-19(18)31-23(20)26-21/h3-10,21,26H,11-13H2,1-2H3,(H,25,28)/t21-/m0/s1. The first kappa shape index (κ1) is 19.8. The molecule has 3 aromatic rings. The largest absolute Gasteiger partial charge is 0.423 e. The zero-order valence-corrected chi connectivity index (χ0v) is 18.2. The minimum absolute atomic E-state index is 0.0318. The summed E-state index contributed by atoms with van der Waals surface area (Å²) in [5, 5.41) is 7.46. The predicted octanol–water partition coefficient (Wildman–Crippen LogP) is 4.12. The molecule has 6 nitrogen and oxygen atoms in total. The van der Waals surface area contributed by atoms with Gasteiger partial charge in [0.05, 0.1) is 11.1 Å². The first-order valence-electron chi connectivity index (χ1n) is 10.3. The summed E-state index contributed by atoms with van der Waals surface area (Å²) in [5.41, 5.74) is 4.48. The van der Waals surface area contributed by atoms with E-state index in [-0.39, 0.29) is 12.1 Å². The van der Waals surface area contributed by atoms with E-state index >= 15 is 0 Å². The Morgan fingerprint density at radius 2 is 1.84 bits per heavy atom. The number of ether oxygens (including phenoxy) is 1. The summed E-state index contributed by atoms with van der Waals surface area (Å²) in [5.74, 6) is 0.0399. The van der Waals surface area contributed by atoms with Crippen molar-refractivity contribution < 1.29 is 14.3 Å². The average molecular weight is 434 g/mol. The number of hydrogen-bond donors (Lipinski definition) is 2. The maximum atomic E-state index is 12.8. The molecule has 0 radical (unpaired) electrons. The summed E-state index contributed by atoms with van der Waals surface area (Å²) in [7, 11) is 2.10. The molecule has 2 aliphatic rings. The van der Waals surface area contributed by atoms with Crippen molar-refractivity contribution in [3.05, 3.63) is 81.2 Å². The molecule has 31 heavy (non-hydrogen) atoms. The van der Waals surface area contributed by atoms with Crippen molar-refractivity contribution in [1.82, 2.24) is 10.2 Å². The van der Waals surface area contributed by atoms with Gasteiger partial charge < -0.3 is 20.3 Å². The fourth-order valence-electron chi connectivity index (χ4n) is 3.99. The molecule has 0 aliphatic carbocycles. The highest BCUT2D eigenvalue weighted by Gasteiger charge is 2.32. The summed E-state index contributed by atoms with van der Waals surface area (Å²) in [6, 6.07) is 14.5. The molecule has 0 unspecified atom stereocenters. The van der Waals surface area contributed by atoms with Crippen LogP contribution in [0.2, 0.25) is 0 Å². The number of rotatable bonds is 3. The summed E-state index contributed by atoms with van der Waals surface area (Å²) in [6.45, 7) is 3.82. The average Bonchev–Trinajstić information content (AvgIpc) is 3.12. The first-order valence-corrected chi connectivity index (χ1v) is 11.1. The molecule has 0 bridgehead atoms. The Hall–Kier alpha value is -3.16. The number of esters is 1. The molecule has 1 aromatic heterocycles. The van der Waals surface area contributed by atoms with Gasteiger partial charge >= 0.3 is 5.97 Å². The number of benzene rings is 2. The third-order valence-electron chi connectivity index (χ3n) is 5.74. The van der Waals surface area contributed by atoms with E-state index in [2.05, 4.69) is 22.6 Å². The number of nitrogens with zero attached hydrogens (tertiary/aromatic N) is 1. The van der Waals surface area contributed by atoms with E-state index in [1.54, 1.807) is 35.6 Å². The second-order valence-electron chi connectivity index (χ2n) is 8.07. The molecule has 5 rings (SSSR count). The molecule has 3 heterocycles. The van der Waals surface area contributed by atoms with Crippen molar-refractivity contribution in [1.29, 1.82) is 0 Å². The highest BCUT2D eigenvalue weighted by molar-refractivity contribution is 7.16. The predicted molar refractivity (Wildman–Crippen MR) is 121 cm³/mol. The van der Waals surface area contributed by atoms with Crippen molar-refractivity contribution in [3.63, 3.8) is 0 Å². The van der Waals surface area contributed by atoms with Gasteiger partial charge in [-0.2, -0.15) is 0 Å². The third-order valence-corrected chi connectivity index (χ3v) is 6.88. The van der Waals surface area contributed by atoms with Gasteiger partial charge in [-0.15, -0.1) is 11.3 Å². The van der Waals surface area contributed by atoms with E-state index < -0.39 is 5.97 Å². The highest BCUT2D eigenvalue weighted by atomic mass is 32.1. The van der Waals surface area contributed by atoms with Gasteiger partial charge in [-0.3, -0.25) is 4.79 Å². The Bertz CT molecular complexity index is 1150. The minimum atomic E-state index is -0.393. The van der Waals surface area contributed by atoms with Crippen LogP contribution in [0.3, 0.4) is 0 Å². The topological polar surface area (TPSA) is 70.7 Å². The Morgan fingerprint density at radius 3 is 2.58 bits per heavy atom. The lowest BCUT2D eigenvalue weighted by molar-refractivity contribution is 0.0734. The minimum Gasteiger partial charge on any atom is -0.423 e. The molecule has 0 saturated carbocycles. The van der Waals surface area contributed by atoms with Crippen LogP contribution in [0.4, 0.5) is 5.00 Å². The molecule has 2 aromatic carbocycles. The van der Waals surface area contributed by atoms with E-state index in [0.717, 1.165) is 41.2 Å². The number of hydrogen-bond acceptors (Lipinski definition) is 6. The van der Waals surface area contributed by atoms with Crippen molar-refractivity contribution in [2.75, 3.05) is 18.9 Å². The molecule has 2 N–H and O–H groups in total. The zero-order chi connectivity index (χ0) is 21.5. The summed E-state index contributed by atoms with van der Waals surface area (Å²) in [4.78, 5) is 28.7. The highest BCUT2D eigenvalue weighted by Crippen LogP contribution is 2.40. The molecular weight excluding hydrogens is 410 g/mol. The number of likely N-dealkylation sites (N-methyl/N-ethyl adjacent to an activating group) is 1. The number of fused-ring (bicyclic) bond motifs is 3. The second kappa shape index (κ2) is 7.83. The van der Waals surface area contributed by atoms with Gasteiger partial charge in [0.15, 0.2) is 0 Å². The normalized spacial score (nSPS) is 17.9. The summed E-state index contributed by atoms with van der Waals surface area (Å²) < 4.78 is 5.48. The monoisotopic (exact) mass is 433 g/mol. The van der Waals surface area contributed by atoms with Gasteiger partial charge in [0.2, 0.25) is 0 Å². The molecule has 0 fully saturated rings. The van der Waals surface area contributed by atoms with E-state index in [1.165, 1.54) is 10.4 Å². The van der Waals surface area contributed by atoms with Crippen LogP contribution in [0.1, 0.15) is 48.4 Å². The van der Waals surface area contributed by atoms with Crippen LogP contribution in [0.15, 0.2) is 48.5 Å². The Labute approximate surface area is 184 Å². The van der Waals surface area contributed by atoms with Crippen LogP contribution in [0.25, 0.3) is 0 Å². The first-order chi connectivity index (χ1) is 15.0. The van der Waals surface area contributed by atoms with E-state index in [1.807, 2.05) is 31.2 Å². The van der Waals surface area contributed by atoms with Crippen molar-refractivity contribution >= 4 is 28.2 Å². The SMILES string of the molecule is Cc1ccc(C(=O)Oc2ccc([C@H]3NC(=O)c4c(sc5c4CCN(C)C5)N3)cc2)cc1. The number of carbonyl (C=O) groups excluding carboxylic acids is 2. The van der Waals surface area contributed by atoms with E-state index in [0.29, 0.717) is 11.3 Å². The van der Waals surface area contributed by atoms with E-state index in [9.17, 15) is 9.59 Å². The number of thiophene rings is 1. The van der Waals surface area contributed by atoms with Crippen LogP contribution >= 0.6 is 11.3 Å². The molecule has 158 valence electrons. The van der Waals surface area contributed by atoms with Crippen LogP contribution < -0.4 is 15.4 Å². The molecule has 1 amide bonds. The lowest BCUT2D eigenvalue weighted by Gasteiger charge is -2.27. The van der Waals surface area contributed by atoms with Gasteiger partial charge in [-0.1, -0.05) is 29.8 Å². The van der Waals surface area contributed by atoms with E-state index in [4.69, 9.17) is 4.74 Å². The number of anilines is 1. The number of nitrogens with one attached hydrogen (secondary N) is 2. The number of amides is 1. The van der Waals surface area contributed by atoms with Crippen LogP contribution in [0, 0.1) is 6.92 Å². The fraction of sp³-hybridized carbons (Fsp3) is 0.250. The summed E-state index contributed by atoms with van der Waals surface area (Å²) in [6.07, 6.45) is 0.582. The smallest absolute Gasteiger partial charge is 0.343 e. The van der Waals surface area contributed by atoms with Crippen LogP contribution in [-0.2, 0) is 13.0 Å². The fourth-order valence-corrected chi connectivity index (χ4v) is 5.35. The summed E-state index contributed by atoms with van der Waals surface area (Å²) >= 11 is 1.67. The van der Waals surface area contributed by atoms with Gasteiger partial charge in [-0.25, -0.2) is 4.79 Å². The Balaban J connectivity index is 1.31. The zero-order valence-electron chi connectivity index (χ0n) is 17.4. The Kier molecular flexibility index (Phi) is 5.00. The van der Waals surface area contributed by atoms with Crippen LogP contribution in [-0.4, -0.2) is 30.4 Å². The van der Waals surface area contributed by atoms with Gasteiger partial charge in [0, 0.05) is 18.0 Å². The lowest BCUT2D eigenvalue weighted by Crippen LogP contribution is -2.38.